The summed E-state index contributed by atoms with van der Waals surface area (Å²) in [7, 11) is 0. The van der Waals surface area contributed by atoms with Gasteiger partial charge < -0.3 is 5.32 Å². The topological polar surface area (TPSA) is 12.0 Å². The number of halogens is 1. The number of nitrogens with one attached hydrogen (secondary N) is 1. The van der Waals surface area contributed by atoms with Crippen LogP contribution in [0.5, 0.6) is 0 Å². The molecule has 4 unspecified atom stereocenters. The maximum Gasteiger partial charge on any atom is 0.126 e. The molecule has 1 aromatic carbocycles. The molecule has 106 valence electrons. The molecular weight excluding hydrogens is 249 g/mol. The van der Waals surface area contributed by atoms with Gasteiger partial charge in [0.05, 0.1) is 0 Å². The Morgan fingerprint density at radius 3 is 2.35 bits per heavy atom. The van der Waals surface area contributed by atoms with Crippen molar-refractivity contribution in [3.05, 3.63) is 35.6 Å². The van der Waals surface area contributed by atoms with Gasteiger partial charge in [0.2, 0.25) is 0 Å². The Labute approximate surface area is 120 Å². The van der Waals surface area contributed by atoms with Crippen molar-refractivity contribution in [1.29, 1.82) is 0 Å². The maximum atomic E-state index is 13.7. The van der Waals surface area contributed by atoms with Crippen LogP contribution >= 0.6 is 0 Å². The molecule has 2 heteroatoms. The molecule has 1 aromatic rings. The van der Waals surface area contributed by atoms with Crippen LogP contribution < -0.4 is 5.32 Å². The predicted molar refractivity (Wildman–Crippen MR) is 76.9 cm³/mol. The highest BCUT2D eigenvalue weighted by Crippen LogP contribution is 2.66. The van der Waals surface area contributed by atoms with Crippen LogP contribution in [0.3, 0.4) is 0 Å². The molecule has 0 amide bonds. The van der Waals surface area contributed by atoms with Gasteiger partial charge in [-0.15, -0.1) is 0 Å². The summed E-state index contributed by atoms with van der Waals surface area (Å²) in [6.45, 7) is 0. The third-order valence-corrected chi connectivity index (χ3v) is 6.65. The Balaban J connectivity index is 1.19. The molecule has 20 heavy (non-hydrogen) atoms. The zero-order chi connectivity index (χ0) is 13.3. The molecule has 1 nitrogen and oxygen atoms in total. The summed E-state index contributed by atoms with van der Waals surface area (Å²) < 4.78 is 13.7. The van der Waals surface area contributed by atoms with Gasteiger partial charge in [-0.25, -0.2) is 4.39 Å². The molecule has 4 aliphatic rings. The lowest BCUT2D eigenvalue weighted by molar-refractivity contribution is 0.267. The fourth-order valence-corrected chi connectivity index (χ4v) is 5.63. The number of hydrogen-bond acceptors (Lipinski definition) is 1. The van der Waals surface area contributed by atoms with Crippen LogP contribution in [0.4, 0.5) is 4.39 Å². The molecule has 2 bridgehead atoms. The number of benzene rings is 1. The second kappa shape index (κ2) is 4.07. The lowest BCUT2D eigenvalue weighted by Gasteiger charge is -2.37. The zero-order valence-corrected chi connectivity index (χ0v) is 11.8. The highest BCUT2D eigenvalue weighted by atomic mass is 19.1. The average Bonchev–Trinajstić information content (AvgIpc) is 2.79. The highest BCUT2D eigenvalue weighted by molar-refractivity contribution is 5.25. The first-order chi connectivity index (χ1) is 9.81. The summed E-state index contributed by atoms with van der Waals surface area (Å²) in [5.41, 5.74) is 0.932. The van der Waals surface area contributed by atoms with E-state index in [0.29, 0.717) is 12.0 Å². The quantitative estimate of drug-likeness (QED) is 0.883. The Bertz CT molecular complexity index is 520. The predicted octanol–water partition coefficient (Wildman–Crippen LogP) is 3.71. The number of hydrogen-bond donors (Lipinski definition) is 1. The minimum Gasteiger partial charge on any atom is -0.311 e. The van der Waals surface area contributed by atoms with Gasteiger partial charge >= 0.3 is 0 Å². The fraction of sp³-hybridized carbons (Fsp3) is 0.667. The Hall–Kier alpha value is -0.890. The fourth-order valence-electron chi connectivity index (χ4n) is 5.63. The molecule has 4 aliphatic carbocycles. The summed E-state index contributed by atoms with van der Waals surface area (Å²) >= 11 is 0. The van der Waals surface area contributed by atoms with Gasteiger partial charge in [0.15, 0.2) is 0 Å². The molecule has 1 N–H and O–H groups in total. The van der Waals surface area contributed by atoms with E-state index in [1.165, 1.54) is 19.3 Å². The molecule has 5 rings (SSSR count). The van der Waals surface area contributed by atoms with Crippen LogP contribution in [0.25, 0.3) is 0 Å². The summed E-state index contributed by atoms with van der Waals surface area (Å²) in [6.07, 6.45) is 6.77. The van der Waals surface area contributed by atoms with Crippen molar-refractivity contribution in [2.75, 3.05) is 0 Å². The molecular formula is C18H22FN. The first-order valence-corrected chi connectivity index (χ1v) is 8.32. The minimum atomic E-state index is -0.0164. The van der Waals surface area contributed by atoms with Crippen molar-refractivity contribution in [3.63, 3.8) is 0 Å². The van der Waals surface area contributed by atoms with Gasteiger partial charge in [-0.05, 0) is 73.3 Å². The molecule has 4 fully saturated rings. The SMILES string of the molecule is Fc1ccccc1C1CC(NC2C3C4CCC(C4)C23)C1. The van der Waals surface area contributed by atoms with E-state index in [9.17, 15) is 4.39 Å². The molecule has 4 saturated carbocycles. The Kier molecular flexibility index (Phi) is 2.39. The van der Waals surface area contributed by atoms with E-state index < -0.39 is 0 Å². The summed E-state index contributed by atoms with van der Waals surface area (Å²) in [6, 6.07) is 8.78. The second-order valence-electron chi connectivity index (χ2n) is 7.57. The van der Waals surface area contributed by atoms with Crippen LogP contribution in [0, 0.1) is 29.5 Å². The van der Waals surface area contributed by atoms with Crippen molar-refractivity contribution in [2.24, 2.45) is 23.7 Å². The monoisotopic (exact) mass is 271 g/mol. The number of fused-ring (bicyclic) bond motifs is 5. The normalized spacial score (nSPS) is 48.0. The molecule has 0 aliphatic heterocycles. The third-order valence-electron chi connectivity index (χ3n) is 6.65. The smallest absolute Gasteiger partial charge is 0.126 e. The molecule has 0 heterocycles. The zero-order valence-electron chi connectivity index (χ0n) is 11.8. The summed E-state index contributed by atoms with van der Waals surface area (Å²) in [5, 5.41) is 3.89. The maximum absolute atomic E-state index is 13.7. The van der Waals surface area contributed by atoms with Crippen LogP contribution in [-0.2, 0) is 0 Å². The molecule has 0 radical (unpaired) electrons. The summed E-state index contributed by atoms with van der Waals surface area (Å²) in [5.74, 6) is 4.55. The van der Waals surface area contributed by atoms with Gasteiger partial charge in [0.25, 0.3) is 0 Å². The van der Waals surface area contributed by atoms with Gasteiger partial charge in [-0.2, -0.15) is 0 Å². The first kappa shape index (κ1) is 11.7. The number of rotatable bonds is 3. The molecule has 0 aromatic heterocycles. The lowest BCUT2D eigenvalue weighted by atomic mass is 9.75. The van der Waals surface area contributed by atoms with Crippen LogP contribution in [0.15, 0.2) is 24.3 Å². The van der Waals surface area contributed by atoms with Crippen LogP contribution in [-0.4, -0.2) is 12.1 Å². The summed E-state index contributed by atoms with van der Waals surface area (Å²) in [4.78, 5) is 0. The second-order valence-corrected chi connectivity index (χ2v) is 7.57. The standard InChI is InChI=1S/C18H22FN/c19-15-4-2-1-3-14(15)12-8-13(9-12)20-18-16-10-5-6-11(7-10)17(16)18/h1-4,10-13,16-18,20H,5-9H2. The van der Waals surface area contributed by atoms with Crippen LogP contribution in [0.1, 0.15) is 43.6 Å². The van der Waals surface area contributed by atoms with E-state index in [2.05, 4.69) is 5.32 Å². The Morgan fingerprint density at radius 2 is 1.65 bits per heavy atom. The van der Waals surface area contributed by atoms with Crippen LogP contribution in [0.2, 0.25) is 0 Å². The van der Waals surface area contributed by atoms with E-state index >= 15 is 0 Å². The van der Waals surface area contributed by atoms with Gasteiger partial charge in [-0.3, -0.25) is 0 Å². The third kappa shape index (κ3) is 1.57. The first-order valence-electron chi connectivity index (χ1n) is 8.32. The van der Waals surface area contributed by atoms with Crippen molar-refractivity contribution in [1.82, 2.24) is 5.32 Å². The van der Waals surface area contributed by atoms with E-state index in [4.69, 9.17) is 0 Å². The van der Waals surface area contributed by atoms with Gasteiger partial charge in [0.1, 0.15) is 5.82 Å². The van der Waals surface area contributed by atoms with E-state index in [1.54, 1.807) is 12.1 Å². The molecule has 4 atom stereocenters. The molecule has 0 saturated heterocycles. The van der Waals surface area contributed by atoms with Crippen molar-refractivity contribution < 1.29 is 4.39 Å². The van der Waals surface area contributed by atoms with Crippen molar-refractivity contribution in [2.45, 2.75) is 50.1 Å². The molecule has 0 spiro atoms. The minimum absolute atomic E-state index is 0.0164. The van der Waals surface area contributed by atoms with Crippen molar-refractivity contribution in [3.8, 4) is 0 Å². The van der Waals surface area contributed by atoms with E-state index in [0.717, 1.165) is 48.1 Å². The average molecular weight is 271 g/mol. The van der Waals surface area contributed by atoms with E-state index in [1.807, 2.05) is 12.1 Å². The van der Waals surface area contributed by atoms with Gasteiger partial charge in [-0.1, -0.05) is 18.2 Å². The largest absolute Gasteiger partial charge is 0.311 e. The lowest BCUT2D eigenvalue weighted by Crippen LogP contribution is -2.43. The van der Waals surface area contributed by atoms with Crippen molar-refractivity contribution >= 4 is 0 Å². The Morgan fingerprint density at radius 1 is 0.950 bits per heavy atom. The highest BCUT2D eigenvalue weighted by Gasteiger charge is 2.65. The van der Waals surface area contributed by atoms with Gasteiger partial charge in [0, 0.05) is 12.1 Å². The van der Waals surface area contributed by atoms with E-state index in [-0.39, 0.29) is 5.82 Å².